The molecule has 0 amide bonds. The van der Waals surface area contributed by atoms with E-state index < -0.39 is 0 Å². The quantitative estimate of drug-likeness (QED) is 0.766. The van der Waals surface area contributed by atoms with Gasteiger partial charge in [-0.1, -0.05) is 34.6 Å². The zero-order valence-corrected chi connectivity index (χ0v) is 13.8. The molecule has 0 aromatic carbocycles. The zero-order valence-electron chi connectivity index (χ0n) is 13.8. The highest BCUT2D eigenvalue weighted by Gasteiger charge is 2.27. The third-order valence-electron chi connectivity index (χ3n) is 4.13. The van der Waals surface area contributed by atoms with Gasteiger partial charge in [-0.2, -0.15) is 0 Å². The molecule has 1 aliphatic rings. The van der Waals surface area contributed by atoms with Gasteiger partial charge in [0.05, 0.1) is 0 Å². The van der Waals surface area contributed by atoms with Crippen LogP contribution in [-0.4, -0.2) is 61.7 Å². The average Bonchev–Trinajstić information content (AvgIpc) is 2.35. The molecule has 0 spiro atoms. The zero-order chi connectivity index (χ0) is 14.3. The Hall–Kier alpha value is -0.120. The van der Waals surface area contributed by atoms with Gasteiger partial charge >= 0.3 is 0 Å². The van der Waals surface area contributed by atoms with Crippen LogP contribution < -0.4 is 5.32 Å². The van der Waals surface area contributed by atoms with Gasteiger partial charge in [-0.15, -0.1) is 0 Å². The van der Waals surface area contributed by atoms with Crippen molar-refractivity contribution in [2.45, 2.75) is 53.5 Å². The molecule has 3 nitrogen and oxygen atoms in total. The predicted molar refractivity (Wildman–Crippen MR) is 84.7 cm³/mol. The second-order valence-electron chi connectivity index (χ2n) is 7.01. The van der Waals surface area contributed by atoms with Gasteiger partial charge < -0.3 is 10.2 Å². The second kappa shape index (κ2) is 8.23. The molecule has 1 saturated heterocycles. The molecule has 1 rings (SSSR count). The summed E-state index contributed by atoms with van der Waals surface area (Å²) in [6.07, 6.45) is 2.50. The van der Waals surface area contributed by atoms with Crippen molar-refractivity contribution in [3.05, 3.63) is 0 Å². The molecular formula is C16H35N3. The van der Waals surface area contributed by atoms with E-state index in [0.29, 0.717) is 11.5 Å². The first kappa shape index (κ1) is 16.9. The van der Waals surface area contributed by atoms with E-state index in [1.165, 1.54) is 52.1 Å². The normalized spacial score (nSPS) is 20.7. The predicted octanol–water partition coefficient (Wildman–Crippen LogP) is 2.43. The molecule has 1 heterocycles. The highest BCUT2D eigenvalue weighted by molar-refractivity contribution is 4.85. The van der Waals surface area contributed by atoms with Crippen molar-refractivity contribution < 1.29 is 0 Å². The number of rotatable bonds is 7. The topological polar surface area (TPSA) is 18.5 Å². The summed E-state index contributed by atoms with van der Waals surface area (Å²) in [5.74, 6) is 0. The van der Waals surface area contributed by atoms with E-state index in [2.05, 4.69) is 49.7 Å². The molecule has 114 valence electrons. The minimum Gasteiger partial charge on any atom is -0.312 e. The van der Waals surface area contributed by atoms with Crippen LogP contribution in [0, 0.1) is 5.41 Å². The Morgan fingerprint density at radius 3 is 2.00 bits per heavy atom. The minimum absolute atomic E-state index is 0.343. The number of piperazine rings is 1. The van der Waals surface area contributed by atoms with Crippen LogP contribution in [0.3, 0.4) is 0 Å². The van der Waals surface area contributed by atoms with Crippen molar-refractivity contribution in [1.82, 2.24) is 15.1 Å². The van der Waals surface area contributed by atoms with Crippen molar-refractivity contribution in [2.75, 3.05) is 45.8 Å². The summed E-state index contributed by atoms with van der Waals surface area (Å²) < 4.78 is 0. The molecule has 0 bridgehead atoms. The molecule has 19 heavy (non-hydrogen) atoms. The molecule has 1 atom stereocenters. The van der Waals surface area contributed by atoms with Crippen molar-refractivity contribution in [1.29, 1.82) is 0 Å². The molecular weight excluding hydrogens is 234 g/mol. The van der Waals surface area contributed by atoms with E-state index in [-0.39, 0.29) is 0 Å². The van der Waals surface area contributed by atoms with Crippen LogP contribution in [0.5, 0.6) is 0 Å². The molecule has 1 aliphatic heterocycles. The molecule has 0 aromatic heterocycles. The molecule has 1 N–H and O–H groups in total. The summed E-state index contributed by atoms with van der Waals surface area (Å²) in [5, 5.41) is 3.74. The molecule has 0 saturated carbocycles. The van der Waals surface area contributed by atoms with Crippen LogP contribution in [-0.2, 0) is 0 Å². The van der Waals surface area contributed by atoms with Gasteiger partial charge in [0.15, 0.2) is 0 Å². The third-order valence-corrected chi connectivity index (χ3v) is 4.13. The fourth-order valence-corrected chi connectivity index (χ4v) is 2.73. The van der Waals surface area contributed by atoms with Gasteiger partial charge in [0.25, 0.3) is 0 Å². The monoisotopic (exact) mass is 269 g/mol. The van der Waals surface area contributed by atoms with E-state index in [0.717, 1.165) is 6.54 Å². The van der Waals surface area contributed by atoms with Crippen LogP contribution in [0.1, 0.15) is 47.5 Å². The summed E-state index contributed by atoms with van der Waals surface area (Å²) in [6, 6.07) is 0.602. The first-order chi connectivity index (χ1) is 8.97. The lowest BCUT2D eigenvalue weighted by Crippen LogP contribution is -2.54. The van der Waals surface area contributed by atoms with Gasteiger partial charge in [-0.25, -0.2) is 0 Å². The Morgan fingerprint density at radius 2 is 1.53 bits per heavy atom. The Balaban J connectivity index is 2.39. The summed E-state index contributed by atoms with van der Waals surface area (Å²) in [4.78, 5) is 5.24. The molecule has 0 aromatic rings. The minimum atomic E-state index is 0.343. The maximum atomic E-state index is 3.74. The van der Waals surface area contributed by atoms with Crippen LogP contribution in [0.2, 0.25) is 0 Å². The number of nitrogens with zero attached hydrogens (tertiary/aromatic N) is 2. The Bertz CT molecular complexity index is 227. The van der Waals surface area contributed by atoms with Gasteiger partial charge in [0, 0.05) is 38.8 Å². The highest BCUT2D eigenvalue weighted by Crippen LogP contribution is 2.20. The number of hydrogen-bond donors (Lipinski definition) is 1. The third kappa shape index (κ3) is 6.24. The highest BCUT2D eigenvalue weighted by atomic mass is 15.3. The van der Waals surface area contributed by atoms with Crippen molar-refractivity contribution >= 4 is 0 Å². The maximum absolute atomic E-state index is 3.74. The summed E-state index contributed by atoms with van der Waals surface area (Å²) >= 11 is 0. The van der Waals surface area contributed by atoms with Gasteiger partial charge in [0.2, 0.25) is 0 Å². The van der Waals surface area contributed by atoms with Gasteiger partial charge in [-0.05, 0) is 31.3 Å². The fourth-order valence-electron chi connectivity index (χ4n) is 2.73. The molecule has 3 heteroatoms. The largest absolute Gasteiger partial charge is 0.312 e. The van der Waals surface area contributed by atoms with Crippen LogP contribution in [0.15, 0.2) is 0 Å². The van der Waals surface area contributed by atoms with E-state index in [4.69, 9.17) is 0 Å². The van der Waals surface area contributed by atoms with Crippen molar-refractivity contribution in [2.24, 2.45) is 5.41 Å². The van der Waals surface area contributed by atoms with Gasteiger partial charge in [0.1, 0.15) is 0 Å². The van der Waals surface area contributed by atoms with Crippen LogP contribution >= 0.6 is 0 Å². The average molecular weight is 269 g/mol. The summed E-state index contributed by atoms with van der Waals surface area (Å²) in [7, 11) is 0. The molecule has 1 unspecified atom stereocenters. The lowest BCUT2D eigenvalue weighted by molar-refractivity contribution is 0.103. The number of nitrogens with one attached hydrogen (secondary N) is 1. The van der Waals surface area contributed by atoms with Crippen molar-refractivity contribution in [3.8, 4) is 0 Å². The fraction of sp³-hybridized carbons (Fsp3) is 1.00. The first-order valence-electron chi connectivity index (χ1n) is 8.15. The lowest BCUT2D eigenvalue weighted by atomic mass is 9.86. The second-order valence-corrected chi connectivity index (χ2v) is 7.01. The maximum Gasteiger partial charge on any atom is 0.0243 e. The Labute approximate surface area is 120 Å². The van der Waals surface area contributed by atoms with Crippen LogP contribution in [0.25, 0.3) is 0 Å². The Kier molecular flexibility index (Phi) is 7.33. The Morgan fingerprint density at radius 1 is 0.947 bits per heavy atom. The van der Waals surface area contributed by atoms with E-state index in [1.807, 2.05) is 0 Å². The van der Waals surface area contributed by atoms with E-state index in [1.54, 1.807) is 0 Å². The van der Waals surface area contributed by atoms with E-state index >= 15 is 0 Å². The molecule has 0 radical (unpaired) electrons. The first-order valence-corrected chi connectivity index (χ1v) is 8.15. The number of hydrogen-bond acceptors (Lipinski definition) is 3. The van der Waals surface area contributed by atoms with Crippen molar-refractivity contribution in [3.63, 3.8) is 0 Å². The van der Waals surface area contributed by atoms with Gasteiger partial charge in [-0.3, -0.25) is 4.90 Å². The summed E-state index contributed by atoms with van der Waals surface area (Å²) in [6.45, 7) is 20.2. The van der Waals surface area contributed by atoms with E-state index in [9.17, 15) is 0 Å². The van der Waals surface area contributed by atoms with Crippen LogP contribution in [0.4, 0.5) is 0 Å². The lowest BCUT2D eigenvalue weighted by Gasteiger charge is -2.40. The molecule has 0 aliphatic carbocycles. The molecule has 1 fully saturated rings. The standard InChI is InChI=1S/C16H35N3/c1-6-8-17-15(16(3,4)5)14-19-12-10-18(9-7-2)11-13-19/h15,17H,6-14H2,1-5H3. The SMILES string of the molecule is CCCNC(CN1CCN(CCC)CC1)C(C)(C)C. The summed E-state index contributed by atoms with van der Waals surface area (Å²) in [5.41, 5.74) is 0.343. The smallest absolute Gasteiger partial charge is 0.0243 e.